The Kier molecular flexibility index (Phi) is 5.13. The Morgan fingerprint density at radius 2 is 1.52 bits per heavy atom. The molecule has 0 aliphatic carbocycles. The first kappa shape index (κ1) is 19.6. The SMILES string of the molecule is CC(C)(C(=O)N1CCN(C(=O)c2ccc3c(c2)OCO3)CC1)c1ccc(Cl)cc1. The van der Waals surface area contributed by atoms with E-state index in [1.807, 2.05) is 30.9 Å². The summed E-state index contributed by atoms with van der Waals surface area (Å²) in [6.45, 7) is 6.02. The van der Waals surface area contributed by atoms with Crippen molar-refractivity contribution in [2.75, 3.05) is 33.0 Å². The number of nitrogens with zero attached hydrogens (tertiary/aromatic N) is 2. The molecule has 0 saturated carbocycles. The molecule has 0 atom stereocenters. The van der Waals surface area contributed by atoms with Crippen molar-refractivity contribution in [3.63, 3.8) is 0 Å². The highest BCUT2D eigenvalue weighted by molar-refractivity contribution is 6.30. The number of amides is 2. The minimum Gasteiger partial charge on any atom is -0.454 e. The van der Waals surface area contributed by atoms with Crippen molar-refractivity contribution in [1.29, 1.82) is 0 Å². The fraction of sp³-hybridized carbons (Fsp3) is 0.364. The second kappa shape index (κ2) is 7.59. The van der Waals surface area contributed by atoms with Crippen molar-refractivity contribution in [3.8, 4) is 11.5 Å². The van der Waals surface area contributed by atoms with E-state index in [9.17, 15) is 9.59 Å². The van der Waals surface area contributed by atoms with Crippen LogP contribution in [0.2, 0.25) is 5.02 Å². The van der Waals surface area contributed by atoms with Gasteiger partial charge in [-0.15, -0.1) is 0 Å². The molecule has 1 saturated heterocycles. The van der Waals surface area contributed by atoms with Gasteiger partial charge in [0.2, 0.25) is 12.7 Å². The van der Waals surface area contributed by atoms with E-state index >= 15 is 0 Å². The lowest BCUT2D eigenvalue weighted by molar-refractivity contribution is -0.137. The molecule has 0 bridgehead atoms. The zero-order chi connectivity index (χ0) is 20.6. The molecule has 29 heavy (non-hydrogen) atoms. The number of benzene rings is 2. The molecule has 6 nitrogen and oxygen atoms in total. The number of fused-ring (bicyclic) bond motifs is 1. The summed E-state index contributed by atoms with van der Waals surface area (Å²) >= 11 is 5.97. The number of rotatable bonds is 3. The van der Waals surface area contributed by atoms with Crippen molar-refractivity contribution in [2.45, 2.75) is 19.3 Å². The highest BCUT2D eigenvalue weighted by Crippen LogP contribution is 2.33. The Labute approximate surface area is 174 Å². The fourth-order valence-corrected chi connectivity index (χ4v) is 3.84. The molecule has 0 N–H and O–H groups in total. The van der Waals surface area contributed by atoms with Gasteiger partial charge in [0.1, 0.15) is 0 Å². The maximum absolute atomic E-state index is 13.1. The predicted octanol–water partition coefficient (Wildman–Crippen LogP) is 3.33. The standard InChI is InChI=1S/C22H23ClN2O4/c1-22(2,16-4-6-17(23)7-5-16)21(27)25-11-9-24(10-12-25)20(26)15-3-8-18-19(13-15)29-14-28-18/h3-8,13H,9-12,14H2,1-2H3. The summed E-state index contributed by atoms with van der Waals surface area (Å²) in [5, 5.41) is 0.646. The second-order valence-electron chi connectivity index (χ2n) is 7.78. The first-order valence-corrected chi connectivity index (χ1v) is 9.98. The van der Waals surface area contributed by atoms with Gasteiger partial charge in [-0.05, 0) is 49.7 Å². The Morgan fingerprint density at radius 3 is 2.21 bits per heavy atom. The van der Waals surface area contributed by atoms with Gasteiger partial charge < -0.3 is 19.3 Å². The van der Waals surface area contributed by atoms with E-state index < -0.39 is 5.41 Å². The third-order valence-electron chi connectivity index (χ3n) is 5.57. The van der Waals surface area contributed by atoms with E-state index in [1.165, 1.54) is 0 Å². The van der Waals surface area contributed by atoms with Crippen molar-refractivity contribution in [2.24, 2.45) is 0 Å². The van der Waals surface area contributed by atoms with Crippen LogP contribution in [0.15, 0.2) is 42.5 Å². The summed E-state index contributed by atoms with van der Waals surface area (Å²) in [5.74, 6) is 1.23. The molecule has 2 aromatic rings. The van der Waals surface area contributed by atoms with Crippen molar-refractivity contribution < 1.29 is 19.1 Å². The van der Waals surface area contributed by atoms with Crippen LogP contribution in [0.25, 0.3) is 0 Å². The topological polar surface area (TPSA) is 59.1 Å². The third kappa shape index (κ3) is 3.77. The van der Waals surface area contributed by atoms with Crippen LogP contribution in [0.4, 0.5) is 0 Å². The van der Waals surface area contributed by atoms with Crippen LogP contribution < -0.4 is 9.47 Å². The number of carbonyl (C=O) groups is 2. The molecule has 2 aliphatic heterocycles. The van der Waals surface area contributed by atoms with Crippen LogP contribution in [-0.4, -0.2) is 54.6 Å². The highest BCUT2D eigenvalue weighted by atomic mass is 35.5. The van der Waals surface area contributed by atoms with Crippen LogP contribution in [0, 0.1) is 0 Å². The van der Waals surface area contributed by atoms with Gasteiger partial charge in [-0.1, -0.05) is 23.7 Å². The van der Waals surface area contributed by atoms with Crippen LogP contribution in [0.5, 0.6) is 11.5 Å². The van der Waals surface area contributed by atoms with Crippen molar-refractivity contribution in [3.05, 3.63) is 58.6 Å². The first-order chi connectivity index (χ1) is 13.9. The molecule has 7 heteroatoms. The molecule has 4 rings (SSSR count). The molecule has 0 spiro atoms. The Bertz CT molecular complexity index is 934. The van der Waals surface area contributed by atoms with E-state index in [2.05, 4.69) is 0 Å². The summed E-state index contributed by atoms with van der Waals surface area (Å²) < 4.78 is 10.7. The van der Waals surface area contributed by atoms with E-state index in [1.54, 1.807) is 35.2 Å². The molecule has 0 unspecified atom stereocenters. The lowest BCUT2D eigenvalue weighted by Gasteiger charge is -2.38. The molecule has 2 aliphatic rings. The monoisotopic (exact) mass is 414 g/mol. The lowest BCUT2D eigenvalue weighted by atomic mass is 9.83. The number of hydrogen-bond acceptors (Lipinski definition) is 4. The maximum atomic E-state index is 13.1. The number of carbonyl (C=O) groups excluding carboxylic acids is 2. The van der Waals surface area contributed by atoms with Gasteiger partial charge in [0.15, 0.2) is 11.5 Å². The average molecular weight is 415 g/mol. The van der Waals surface area contributed by atoms with Crippen molar-refractivity contribution in [1.82, 2.24) is 9.80 Å². The molecule has 2 heterocycles. The molecule has 2 aromatic carbocycles. The van der Waals surface area contributed by atoms with Gasteiger partial charge >= 0.3 is 0 Å². The molecule has 152 valence electrons. The molecule has 0 aromatic heterocycles. The molecular weight excluding hydrogens is 392 g/mol. The summed E-state index contributed by atoms with van der Waals surface area (Å²) in [5.41, 5.74) is 0.829. The quantitative estimate of drug-likeness (QED) is 0.773. The normalized spacial score (nSPS) is 16.1. The van der Waals surface area contributed by atoms with E-state index in [4.69, 9.17) is 21.1 Å². The Hall–Kier alpha value is -2.73. The summed E-state index contributed by atoms with van der Waals surface area (Å²) in [6, 6.07) is 12.6. The van der Waals surface area contributed by atoms with Crippen LogP contribution in [0.3, 0.4) is 0 Å². The van der Waals surface area contributed by atoms with Crippen LogP contribution in [-0.2, 0) is 10.2 Å². The van der Waals surface area contributed by atoms with Gasteiger partial charge in [0, 0.05) is 36.8 Å². The zero-order valence-electron chi connectivity index (χ0n) is 16.5. The number of hydrogen-bond donors (Lipinski definition) is 0. The highest BCUT2D eigenvalue weighted by Gasteiger charge is 2.36. The van der Waals surface area contributed by atoms with Gasteiger partial charge in [-0.3, -0.25) is 9.59 Å². The van der Waals surface area contributed by atoms with E-state index in [-0.39, 0.29) is 18.6 Å². The average Bonchev–Trinajstić information content (AvgIpc) is 3.21. The summed E-state index contributed by atoms with van der Waals surface area (Å²) in [6.07, 6.45) is 0. The smallest absolute Gasteiger partial charge is 0.254 e. The molecule has 2 amide bonds. The number of halogens is 1. The lowest BCUT2D eigenvalue weighted by Crippen LogP contribution is -2.54. The number of piperazine rings is 1. The van der Waals surface area contributed by atoms with Crippen LogP contribution >= 0.6 is 11.6 Å². The predicted molar refractivity (Wildman–Crippen MR) is 110 cm³/mol. The fourth-order valence-electron chi connectivity index (χ4n) is 3.71. The summed E-state index contributed by atoms with van der Waals surface area (Å²) in [7, 11) is 0. The third-order valence-corrected chi connectivity index (χ3v) is 5.83. The largest absolute Gasteiger partial charge is 0.454 e. The van der Waals surface area contributed by atoms with E-state index in [0.29, 0.717) is 48.3 Å². The molecule has 1 fully saturated rings. The number of ether oxygens (including phenoxy) is 2. The van der Waals surface area contributed by atoms with Gasteiger partial charge in [0.05, 0.1) is 5.41 Å². The van der Waals surface area contributed by atoms with Gasteiger partial charge in [0.25, 0.3) is 5.91 Å². The Balaban J connectivity index is 1.40. The minimum atomic E-state index is -0.659. The minimum absolute atomic E-state index is 0.0509. The molecular formula is C22H23ClN2O4. The Morgan fingerprint density at radius 1 is 0.897 bits per heavy atom. The van der Waals surface area contributed by atoms with Crippen LogP contribution in [0.1, 0.15) is 29.8 Å². The second-order valence-corrected chi connectivity index (χ2v) is 8.22. The summed E-state index contributed by atoms with van der Waals surface area (Å²) in [4.78, 5) is 29.6. The van der Waals surface area contributed by atoms with Gasteiger partial charge in [-0.2, -0.15) is 0 Å². The van der Waals surface area contributed by atoms with Crippen molar-refractivity contribution >= 4 is 23.4 Å². The maximum Gasteiger partial charge on any atom is 0.254 e. The zero-order valence-corrected chi connectivity index (χ0v) is 17.2. The molecule has 0 radical (unpaired) electrons. The first-order valence-electron chi connectivity index (χ1n) is 9.60. The van der Waals surface area contributed by atoms with Gasteiger partial charge in [-0.25, -0.2) is 0 Å². The van der Waals surface area contributed by atoms with E-state index in [0.717, 1.165) is 5.56 Å².